The first kappa shape index (κ1) is 18.9. The van der Waals surface area contributed by atoms with Crippen LogP contribution in [0.3, 0.4) is 0 Å². The molecule has 6 heteroatoms. The minimum Gasteiger partial charge on any atom is -0.382 e. The zero-order valence-corrected chi connectivity index (χ0v) is 13.9. The van der Waals surface area contributed by atoms with Crippen LogP contribution in [0.15, 0.2) is 23.2 Å². The van der Waals surface area contributed by atoms with Crippen LogP contribution in [0.25, 0.3) is 0 Å². The van der Waals surface area contributed by atoms with Gasteiger partial charge in [0.25, 0.3) is 0 Å². The maximum absolute atomic E-state index is 13.7. The monoisotopic (exact) mass is 320 g/mol. The van der Waals surface area contributed by atoms with Crippen molar-refractivity contribution in [2.24, 2.45) is 4.99 Å². The number of guanidine groups is 1. The Hall–Kier alpha value is -2.13. The number of hydrogen-bond acceptors (Lipinski definition) is 3. The maximum atomic E-state index is 13.7. The van der Waals surface area contributed by atoms with Gasteiger partial charge in [0.15, 0.2) is 5.96 Å². The number of nitrogens with zero attached hydrogens (tertiary/aromatic N) is 2. The number of aliphatic imine (C=N–C) groups is 1. The molecule has 0 atom stereocenters. The number of unbranched alkanes of at least 4 members (excludes halogenated alkanes) is 1. The molecular formula is C17H25FN4O. The summed E-state index contributed by atoms with van der Waals surface area (Å²) < 4.78 is 19.0. The van der Waals surface area contributed by atoms with Gasteiger partial charge in [-0.25, -0.2) is 9.38 Å². The van der Waals surface area contributed by atoms with Crippen molar-refractivity contribution in [1.82, 2.24) is 10.6 Å². The quantitative estimate of drug-likeness (QED) is 0.417. The van der Waals surface area contributed by atoms with Crippen molar-refractivity contribution in [3.8, 4) is 6.07 Å². The molecule has 1 aromatic carbocycles. The third-order valence-corrected chi connectivity index (χ3v) is 3.14. The van der Waals surface area contributed by atoms with Gasteiger partial charge in [-0.2, -0.15) is 5.26 Å². The number of nitrogens with one attached hydrogen (secondary N) is 2. The molecule has 0 aliphatic rings. The van der Waals surface area contributed by atoms with E-state index in [0.717, 1.165) is 39.1 Å². The van der Waals surface area contributed by atoms with E-state index in [1.54, 1.807) is 0 Å². The highest BCUT2D eigenvalue weighted by atomic mass is 19.1. The number of halogens is 1. The van der Waals surface area contributed by atoms with Gasteiger partial charge in [0.2, 0.25) is 0 Å². The summed E-state index contributed by atoms with van der Waals surface area (Å²) in [7, 11) is 0. The van der Waals surface area contributed by atoms with Crippen LogP contribution in [0, 0.1) is 17.1 Å². The summed E-state index contributed by atoms with van der Waals surface area (Å²) in [5.41, 5.74) is 0.850. The van der Waals surface area contributed by atoms with E-state index in [1.165, 1.54) is 18.2 Å². The number of rotatable bonds is 9. The summed E-state index contributed by atoms with van der Waals surface area (Å²) in [5, 5.41) is 15.2. The van der Waals surface area contributed by atoms with Crippen molar-refractivity contribution < 1.29 is 9.13 Å². The van der Waals surface area contributed by atoms with Gasteiger partial charge in [-0.3, -0.25) is 0 Å². The average molecular weight is 320 g/mol. The molecule has 0 aliphatic heterocycles. The van der Waals surface area contributed by atoms with Gasteiger partial charge < -0.3 is 15.4 Å². The van der Waals surface area contributed by atoms with Gasteiger partial charge >= 0.3 is 0 Å². The van der Waals surface area contributed by atoms with E-state index >= 15 is 0 Å². The summed E-state index contributed by atoms with van der Waals surface area (Å²) in [6.07, 6.45) is 1.96. The van der Waals surface area contributed by atoms with Crippen LogP contribution >= 0.6 is 0 Å². The standard InChI is InChI=1S/C17H25FN4O/c1-3-20-17(21-9-5-6-10-23-4-2)22-13-15-11-14(12-19)7-8-16(15)18/h7-8,11H,3-6,9-10,13H2,1-2H3,(H2,20,21,22). The van der Waals surface area contributed by atoms with Crippen molar-refractivity contribution >= 4 is 5.96 Å². The second-order valence-electron chi connectivity index (χ2n) is 4.94. The first-order valence-corrected chi connectivity index (χ1v) is 7.99. The number of hydrogen-bond donors (Lipinski definition) is 2. The first-order chi connectivity index (χ1) is 11.2. The van der Waals surface area contributed by atoms with Crippen LogP contribution < -0.4 is 10.6 Å². The van der Waals surface area contributed by atoms with Crippen LogP contribution in [0.5, 0.6) is 0 Å². The molecule has 1 rings (SSSR count). The molecule has 0 aromatic heterocycles. The highest BCUT2D eigenvalue weighted by molar-refractivity contribution is 5.79. The molecule has 0 saturated heterocycles. The molecule has 0 aliphatic carbocycles. The summed E-state index contributed by atoms with van der Waals surface area (Å²) >= 11 is 0. The summed E-state index contributed by atoms with van der Waals surface area (Å²) in [6, 6.07) is 6.31. The average Bonchev–Trinajstić information content (AvgIpc) is 2.57. The van der Waals surface area contributed by atoms with E-state index in [-0.39, 0.29) is 12.4 Å². The molecule has 0 saturated carbocycles. The van der Waals surface area contributed by atoms with Crippen LogP contribution in [-0.2, 0) is 11.3 Å². The molecule has 0 fully saturated rings. The lowest BCUT2D eigenvalue weighted by Crippen LogP contribution is -2.37. The van der Waals surface area contributed by atoms with E-state index in [1.807, 2.05) is 19.9 Å². The fraction of sp³-hybridized carbons (Fsp3) is 0.529. The summed E-state index contributed by atoms with van der Waals surface area (Å²) in [5.74, 6) is 0.297. The Morgan fingerprint density at radius 1 is 1.30 bits per heavy atom. The molecule has 5 nitrogen and oxygen atoms in total. The molecule has 23 heavy (non-hydrogen) atoms. The molecule has 1 aromatic rings. The maximum Gasteiger partial charge on any atom is 0.191 e. The number of benzene rings is 1. The molecule has 126 valence electrons. The Morgan fingerprint density at radius 2 is 2.13 bits per heavy atom. The zero-order chi connectivity index (χ0) is 16.9. The van der Waals surface area contributed by atoms with E-state index in [9.17, 15) is 4.39 Å². The van der Waals surface area contributed by atoms with Crippen LogP contribution in [0.2, 0.25) is 0 Å². The highest BCUT2D eigenvalue weighted by Gasteiger charge is 2.04. The Labute approximate surface area is 137 Å². The van der Waals surface area contributed by atoms with Crippen LogP contribution in [0.1, 0.15) is 37.8 Å². The Morgan fingerprint density at radius 3 is 2.83 bits per heavy atom. The second-order valence-corrected chi connectivity index (χ2v) is 4.94. The largest absolute Gasteiger partial charge is 0.382 e. The molecule has 0 unspecified atom stereocenters. The number of ether oxygens (including phenoxy) is 1. The topological polar surface area (TPSA) is 69.4 Å². The third kappa shape index (κ3) is 7.61. The normalized spacial score (nSPS) is 11.1. The molecule has 0 heterocycles. The molecular weight excluding hydrogens is 295 g/mol. The van der Waals surface area contributed by atoms with Crippen molar-refractivity contribution in [3.63, 3.8) is 0 Å². The lowest BCUT2D eigenvalue weighted by Gasteiger charge is -2.11. The van der Waals surface area contributed by atoms with Crippen molar-refractivity contribution in [1.29, 1.82) is 5.26 Å². The first-order valence-electron chi connectivity index (χ1n) is 7.99. The zero-order valence-electron chi connectivity index (χ0n) is 13.9. The van der Waals surface area contributed by atoms with E-state index in [4.69, 9.17) is 10.00 Å². The van der Waals surface area contributed by atoms with Crippen LogP contribution in [0.4, 0.5) is 4.39 Å². The van der Waals surface area contributed by atoms with Crippen LogP contribution in [-0.4, -0.2) is 32.3 Å². The predicted molar refractivity (Wildman–Crippen MR) is 89.7 cm³/mol. The molecule has 2 N–H and O–H groups in total. The van der Waals surface area contributed by atoms with Gasteiger partial charge in [-0.1, -0.05) is 0 Å². The Bertz CT molecular complexity index is 540. The van der Waals surface area contributed by atoms with Gasteiger partial charge in [0.1, 0.15) is 5.82 Å². The highest BCUT2D eigenvalue weighted by Crippen LogP contribution is 2.11. The molecule has 0 amide bonds. The molecule has 0 spiro atoms. The predicted octanol–water partition coefficient (Wildman–Crippen LogP) is 2.57. The van der Waals surface area contributed by atoms with Gasteiger partial charge in [-0.15, -0.1) is 0 Å². The van der Waals surface area contributed by atoms with Gasteiger partial charge in [0.05, 0.1) is 18.2 Å². The molecule has 0 radical (unpaired) electrons. The minimum absolute atomic E-state index is 0.190. The fourth-order valence-electron chi connectivity index (χ4n) is 1.95. The Balaban J connectivity index is 2.53. The van der Waals surface area contributed by atoms with E-state index in [2.05, 4.69) is 15.6 Å². The van der Waals surface area contributed by atoms with Gasteiger partial charge in [-0.05, 0) is 44.9 Å². The van der Waals surface area contributed by atoms with Crippen molar-refractivity contribution in [3.05, 3.63) is 35.1 Å². The summed E-state index contributed by atoms with van der Waals surface area (Å²) in [4.78, 5) is 4.37. The third-order valence-electron chi connectivity index (χ3n) is 3.14. The molecule has 0 bridgehead atoms. The SMILES string of the molecule is CCNC(=NCc1cc(C#N)ccc1F)NCCCCOCC. The lowest BCUT2D eigenvalue weighted by atomic mass is 10.1. The van der Waals surface area contributed by atoms with Crippen molar-refractivity contribution in [2.75, 3.05) is 26.3 Å². The fourth-order valence-corrected chi connectivity index (χ4v) is 1.95. The van der Waals surface area contributed by atoms with Gasteiger partial charge in [0, 0.05) is 31.9 Å². The van der Waals surface area contributed by atoms with Crippen molar-refractivity contribution in [2.45, 2.75) is 33.2 Å². The summed E-state index contributed by atoms with van der Waals surface area (Å²) in [6.45, 7) is 7.15. The number of nitriles is 1. The second kappa shape index (κ2) is 11.4. The lowest BCUT2D eigenvalue weighted by molar-refractivity contribution is 0.143. The Kier molecular flexibility index (Phi) is 9.41. The van der Waals surface area contributed by atoms with E-state index < -0.39 is 0 Å². The smallest absolute Gasteiger partial charge is 0.191 e. The van der Waals surface area contributed by atoms with E-state index in [0.29, 0.717) is 17.1 Å². The minimum atomic E-state index is -0.347.